The molecule has 0 aliphatic heterocycles. The lowest BCUT2D eigenvalue weighted by Crippen LogP contribution is -2.30. The topological polar surface area (TPSA) is 152 Å². The zero-order valence-electron chi connectivity index (χ0n) is 26.3. The van der Waals surface area contributed by atoms with Gasteiger partial charge in [-0.15, -0.1) is 11.8 Å². The second-order valence-electron chi connectivity index (χ2n) is 10.1. The van der Waals surface area contributed by atoms with Gasteiger partial charge in [0.05, 0.1) is 42.9 Å². The van der Waals surface area contributed by atoms with E-state index in [2.05, 4.69) is 16.0 Å². The van der Waals surface area contributed by atoms with Crippen LogP contribution < -0.4 is 30.2 Å². The lowest BCUT2D eigenvalue weighted by molar-refractivity contribution is -0.115. The van der Waals surface area contributed by atoms with Gasteiger partial charge in [0, 0.05) is 16.1 Å². The van der Waals surface area contributed by atoms with Gasteiger partial charge in [0.15, 0.2) is 11.5 Å². The van der Waals surface area contributed by atoms with Gasteiger partial charge in [0.1, 0.15) is 5.70 Å². The molecule has 0 aliphatic rings. The molecule has 0 saturated carbocycles. The smallest absolute Gasteiger partial charge is 0.335 e. The van der Waals surface area contributed by atoms with Crippen LogP contribution in [0.4, 0.5) is 11.4 Å². The number of anilines is 2. The second kappa shape index (κ2) is 16.4. The third kappa shape index (κ3) is 9.08. The average Bonchev–Trinajstić information content (AvgIpc) is 3.09. The van der Waals surface area contributed by atoms with E-state index in [-0.39, 0.29) is 27.9 Å². The van der Waals surface area contributed by atoms with E-state index in [1.54, 1.807) is 73.7 Å². The first-order valence-electron chi connectivity index (χ1n) is 14.3. The minimum Gasteiger partial charge on any atom is -0.493 e. The Balaban J connectivity index is 1.51. The molecule has 0 aromatic heterocycles. The van der Waals surface area contributed by atoms with Gasteiger partial charge in [0.25, 0.3) is 11.8 Å². The van der Waals surface area contributed by atoms with Crippen LogP contribution in [0.2, 0.25) is 5.02 Å². The van der Waals surface area contributed by atoms with Gasteiger partial charge in [-0.3, -0.25) is 14.4 Å². The molecule has 3 amide bonds. The van der Waals surface area contributed by atoms with Crippen molar-refractivity contribution in [2.45, 2.75) is 17.1 Å². The average molecular weight is 690 g/mol. The van der Waals surface area contributed by atoms with Crippen molar-refractivity contribution in [3.63, 3.8) is 0 Å². The summed E-state index contributed by atoms with van der Waals surface area (Å²) in [6, 6.07) is 22.6. The minimum absolute atomic E-state index is 0.00581. The molecule has 13 heteroatoms. The molecule has 0 aliphatic carbocycles. The number of thioether (sulfide) groups is 1. The van der Waals surface area contributed by atoms with Crippen LogP contribution in [-0.4, -0.2) is 55.4 Å². The standard InChI is InChI=1S/C35H32ClN3O8S/c1-20(32(40)38-27-19-23(35(43)44)10-15-26(27)36)48-25-13-11-24(12-14-25)37-34(42)28(39-33(41)22-8-6-5-7-9-22)16-21-17-29(45-2)31(47-4)30(18-21)46-3/h5-20H,1-4H3,(H,37,42)(H,38,40)(H,39,41)(H,43,44)/b28-16-. The Hall–Kier alpha value is -5.46. The van der Waals surface area contributed by atoms with E-state index in [0.717, 1.165) is 4.90 Å². The summed E-state index contributed by atoms with van der Waals surface area (Å²) in [5.41, 5.74) is 1.43. The molecule has 4 rings (SSSR count). The number of ether oxygens (including phenoxy) is 3. The zero-order valence-corrected chi connectivity index (χ0v) is 27.9. The van der Waals surface area contributed by atoms with E-state index < -0.39 is 23.0 Å². The van der Waals surface area contributed by atoms with Crippen LogP contribution in [0.25, 0.3) is 6.08 Å². The van der Waals surface area contributed by atoms with Crippen molar-refractivity contribution in [3.8, 4) is 17.2 Å². The highest BCUT2D eigenvalue weighted by Gasteiger charge is 2.19. The van der Waals surface area contributed by atoms with Gasteiger partial charge in [-0.25, -0.2) is 4.79 Å². The maximum Gasteiger partial charge on any atom is 0.335 e. The number of hydrogen-bond acceptors (Lipinski definition) is 8. The fourth-order valence-electron chi connectivity index (χ4n) is 4.36. The summed E-state index contributed by atoms with van der Waals surface area (Å²) in [6.45, 7) is 1.69. The van der Waals surface area contributed by atoms with E-state index in [4.69, 9.17) is 25.8 Å². The summed E-state index contributed by atoms with van der Waals surface area (Å²) in [6.07, 6.45) is 1.49. The fraction of sp³-hybridized carbons (Fsp3) is 0.143. The van der Waals surface area contributed by atoms with E-state index in [0.29, 0.717) is 34.1 Å². The number of benzene rings is 4. The number of amides is 3. The Morgan fingerprint density at radius 3 is 2.04 bits per heavy atom. The van der Waals surface area contributed by atoms with Crippen molar-refractivity contribution >= 4 is 64.5 Å². The molecule has 4 aromatic rings. The highest BCUT2D eigenvalue weighted by Crippen LogP contribution is 2.38. The number of nitrogens with one attached hydrogen (secondary N) is 3. The van der Waals surface area contributed by atoms with E-state index in [9.17, 15) is 24.3 Å². The van der Waals surface area contributed by atoms with Crippen LogP contribution in [0.3, 0.4) is 0 Å². The van der Waals surface area contributed by atoms with Crippen LogP contribution >= 0.6 is 23.4 Å². The van der Waals surface area contributed by atoms with Gasteiger partial charge in [-0.2, -0.15) is 0 Å². The number of rotatable bonds is 13. The summed E-state index contributed by atoms with van der Waals surface area (Å²) in [7, 11) is 4.42. The fourth-order valence-corrected chi connectivity index (χ4v) is 5.39. The van der Waals surface area contributed by atoms with Crippen molar-refractivity contribution in [1.29, 1.82) is 0 Å². The number of carbonyl (C=O) groups excluding carboxylic acids is 3. The Kier molecular flexibility index (Phi) is 12.1. The van der Waals surface area contributed by atoms with Crippen LogP contribution in [0.1, 0.15) is 33.2 Å². The molecule has 0 heterocycles. The molecular formula is C35H32ClN3O8S. The second-order valence-corrected chi connectivity index (χ2v) is 11.9. The molecule has 11 nitrogen and oxygen atoms in total. The Morgan fingerprint density at radius 1 is 0.812 bits per heavy atom. The molecule has 4 aromatic carbocycles. The highest BCUT2D eigenvalue weighted by molar-refractivity contribution is 8.00. The first kappa shape index (κ1) is 35.4. The molecule has 48 heavy (non-hydrogen) atoms. The van der Waals surface area contributed by atoms with Crippen molar-refractivity contribution < 1.29 is 38.5 Å². The summed E-state index contributed by atoms with van der Waals surface area (Å²) in [5.74, 6) is -1.49. The van der Waals surface area contributed by atoms with Crippen LogP contribution in [0.15, 0.2) is 95.5 Å². The predicted molar refractivity (Wildman–Crippen MR) is 185 cm³/mol. The van der Waals surface area contributed by atoms with Gasteiger partial charge >= 0.3 is 5.97 Å². The third-order valence-electron chi connectivity index (χ3n) is 6.79. The maximum absolute atomic E-state index is 13.5. The Morgan fingerprint density at radius 2 is 1.46 bits per heavy atom. The predicted octanol–water partition coefficient (Wildman–Crippen LogP) is 6.59. The molecule has 1 unspecified atom stereocenters. The van der Waals surface area contributed by atoms with Gasteiger partial charge in [-0.05, 0) is 85.3 Å². The number of halogens is 1. The lowest BCUT2D eigenvalue weighted by atomic mass is 10.1. The number of carboxylic acids is 1. The van der Waals surface area contributed by atoms with Crippen LogP contribution in [0, 0.1) is 0 Å². The molecule has 0 radical (unpaired) electrons. The first-order valence-corrected chi connectivity index (χ1v) is 15.6. The third-order valence-corrected chi connectivity index (χ3v) is 8.23. The molecule has 0 spiro atoms. The quantitative estimate of drug-likeness (QED) is 0.0899. The number of hydrogen-bond donors (Lipinski definition) is 4. The molecule has 0 saturated heterocycles. The minimum atomic E-state index is -1.14. The van der Waals surface area contributed by atoms with Crippen molar-refractivity contribution in [1.82, 2.24) is 5.32 Å². The van der Waals surface area contributed by atoms with Gasteiger partial charge in [0.2, 0.25) is 11.7 Å². The first-order chi connectivity index (χ1) is 23.0. The molecule has 0 bridgehead atoms. The van der Waals surface area contributed by atoms with Gasteiger partial charge in [-0.1, -0.05) is 29.8 Å². The van der Waals surface area contributed by atoms with Crippen molar-refractivity contribution in [2.24, 2.45) is 0 Å². The SMILES string of the molecule is COc1cc(/C=C(\NC(=O)c2ccccc2)C(=O)Nc2ccc(SC(C)C(=O)Nc3cc(C(=O)O)ccc3Cl)cc2)cc(OC)c1OC. The lowest BCUT2D eigenvalue weighted by Gasteiger charge is -2.15. The normalized spacial score (nSPS) is 11.6. The summed E-state index contributed by atoms with van der Waals surface area (Å²) >= 11 is 7.39. The van der Waals surface area contributed by atoms with E-state index in [1.165, 1.54) is 57.4 Å². The van der Waals surface area contributed by atoms with Crippen LogP contribution in [0.5, 0.6) is 17.2 Å². The summed E-state index contributed by atoms with van der Waals surface area (Å²) < 4.78 is 16.3. The maximum atomic E-state index is 13.5. The number of aromatic carboxylic acids is 1. The number of carbonyl (C=O) groups is 4. The van der Waals surface area contributed by atoms with Crippen LogP contribution in [-0.2, 0) is 9.59 Å². The van der Waals surface area contributed by atoms with Crippen molar-refractivity contribution in [3.05, 3.63) is 112 Å². The Labute approximate surface area is 286 Å². The molecule has 1 atom stereocenters. The molecular weight excluding hydrogens is 658 g/mol. The van der Waals surface area contributed by atoms with Crippen molar-refractivity contribution in [2.75, 3.05) is 32.0 Å². The monoisotopic (exact) mass is 689 g/mol. The largest absolute Gasteiger partial charge is 0.493 e. The molecule has 248 valence electrons. The van der Waals surface area contributed by atoms with E-state index in [1.807, 2.05) is 0 Å². The zero-order chi connectivity index (χ0) is 34.8. The number of carboxylic acid groups (broad SMARTS) is 1. The summed E-state index contributed by atoms with van der Waals surface area (Å²) in [5, 5.41) is 17.0. The number of methoxy groups -OCH3 is 3. The van der Waals surface area contributed by atoms with Gasteiger partial charge < -0.3 is 35.3 Å². The van der Waals surface area contributed by atoms with E-state index >= 15 is 0 Å². The Bertz CT molecular complexity index is 1820. The summed E-state index contributed by atoms with van der Waals surface area (Å²) in [4.78, 5) is 51.5. The molecule has 0 fully saturated rings. The molecule has 4 N–H and O–H groups in total. The highest BCUT2D eigenvalue weighted by atomic mass is 35.5.